The molecule has 0 heterocycles. The first kappa shape index (κ1) is 17.2. The summed E-state index contributed by atoms with van der Waals surface area (Å²) < 4.78 is 0. The van der Waals surface area contributed by atoms with Gasteiger partial charge < -0.3 is 18.3 Å². The predicted octanol–water partition coefficient (Wildman–Crippen LogP) is -0.484. The number of rotatable bonds is 2. The molecule has 0 aromatic rings. The fourth-order valence-corrected chi connectivity index (χ4v) is 0.667. The van der Waals surface area contributed by atoms with E-state index in [0.29, 0.717) is 0 Å². The Morgan fingerprint density at radius 2 is 1.10 bits per heavy atom. The molecule has 0 atom stereocenters. The summed E-state index contributed by atoms with van der Waals surface area (Å²) >= 11 is 0. The van der Waals surface area contributed by atoms with Gasteiger partial charge in [0, 0.05) is 0 Å². The Labute approximate surface area is 87.7 Å². The van der Waals surface area contributed by atoms with Gasteiger partial charge in [-0.2, -0.15) is 18.8 Å². The molecular formula is C8H17ClMg. The number of halogens is 1. The van der Waals surface area contributed by atoms with Crippen molar-refractivity contribution in [1.82, 2.24) is 0 Å². The third kappa shape index (κ3) is 7.17. The fraction of sp³-hybridized carbons (Fsp3) is 0.875. The molecule has 0 saturated heterocycles. The monoisotopic (exact) mass is 172 g/mol. The maximum Gasteiger partial charge on any atom is 2.00 e. The van der Waals surface area contributed by atoms with Crippen LogP contribution in [0.1, 0.15) is 34.6 Å². The van der Waals surface area contributed by atoms with E-state index in [9.17, 15) is 0 Å². The molecule has 0 unspecified atom stereocenters. The molecule has 0 fully saturated rings. The Morgan fingerprint density at radius 1 is 0.900 bits per heavy atom. The molecule has 0 aliphatic rings. The third-order valence-electron chi connectivity index (χ3n) is 1.82. The van der Waals surface area contributed by atoms with E-state index in [0.717, 1.165) is 11.8 Å². The van der Waals surface area contributed by atoms with Gasteiger partial charge in [-0.1, -0.05) is 27.7 Å². The quantitative estimate of drug-likeness (QED) is 0.390. The van der Waals surface area contributed by atoms with E-state index in [2.05, 4.69) is 34.6 Å². The predicted molar refractivity (Wildman–Crippen MR) is 44.3 cm³/mol. The average Bonchev–Trinajstić information content (AvgIpc) is 1.64. The van der Waals surface area contributed by atoms with Crippen LogP contribution in [0, 0.1) is 17.8 Å². The van der Waals surface area contributed by atoms with Crippen LogP contribution in [-0.2, 0) is 0 Å². The normalized spacial score (nSPS) is 9.60. The van der Waals surface area contributed by atoms with Crippen molar-refractivity contribution in [2.75, 3.05) is 0 Å². The second kappa shape index (κ2) is 8.16. The molecule has 0 amide bonds. The van der Waals surface area contributed by atoms with Gasteiger partial charge in [-0.15, -0.1) is 0 Å². The maximum absolute atomic E-state index is 2.25. The minimum atomic E-state index is 0. The van der Waals surface area contributed by atoms with E-state index in [-0.39, 0.29) is 35.5 Å². The summed E-state index contributed by atoms with van der Waals surface area (Å²) in [6.07, 6.45) is 0. The molecule has 0 aromatic heterocycles. The van der Waals surface area contributed by atoms with Gasteiger partial charge in [0.15, 0.2) is 0 Å². The van der Waals surface area contributed by atoms with Crippen LogP contribution >= 0.6 is 0 Å². The van der Waals surface area contributed by atoms with Gasteiger partial charge in [0.05, 0.1) is 0 Å². The standard InChI is InChI=1S/C8H17.ClH.Mg/c1-6(2)8(5)7(3)4;;/h6-7H,1-5H3;1H;/q-1;;+2/p-1. The van der Waals surface area contributed by atoms with Gasteiger partial charge in [0.25, 0.3) is 0 Å². The smallest absolute Gasteiger partial charge is 1.00 e. The summed E-state index contributed by atoms with van der Waals surface area (Å²) in [6.45, 7) is 11.2. The van der Waals surface area contributed by atoms with Crippen LogP contribution in [0.3, 0.4) is 0 Å². The van der Waals surface area contributed by atoms with Crippen molar-refractivity contribution in [2.24, 2.45) is 11.8 Å². The van der Waals surface area contributed by atoms with Crippen molar-refractivity contribution in [1.29, 1.82) is 0 Å². The minimum Gasteiger partial charge on any atom is -1.00 e. The minimum absolute atomic E-state index is 0. The van der Waals surface area contributed by atoms with Crippen LogP contribution in [0.2, 0.25) is 0 Å². The van der Waals surface area contributed by atoms with Crippen molar-refractivity contribution in [2.45, 2.75) is 34.6 Å². The van der Waals surface area contributed by atoms with E-state index in [1.165, 1.54) is 0 Å². The van der Waals surface area contributed by atoms with E-state index in [1.54, 1.807) is 5.92 Å². The van der Waals surface area contributed by atoms with Gasteiger partial charge in [-0.05, 0) is 0 Å². The molecule has 0 spiro atoms. The van der Waals surface area contributed by atoms with Crippen LogP contribution in [0.5, 0.6) is 0 Å². The summed E-state index contributed by atoms with van der Waals surface area (Å²) in [4.78, 5) is 0. The van der Waals surface area contributed by atoms with Crippen LogP contribution in [-0.4, -0.2) is 23.1 Å². The second-order valence-electron chi connectivity index (χ2n) is 3.05. The first-order valence-corrected chi connectivity index (χ1v) is 3.39. The summed E-state index contributed by atoms with van der Waals surface area (Å²) in [5, 5.41) is 0. The zero-order valence-electron chi connectivity index (χ0n) is 7.74. The van der Waals surface area contributed by atoms with Crippen molar-refractivity contribution >= 4 is 23.1 Å². The Kier molecular flexibility index (Phi) is 14.0. The Morgan fingerprint density at radius 3 is 1.10 bits per heavy atom. The van der Waals surface area contributed by atoms with Gasteiger partial charge in [-0.25, -0.2) is 0 Å². The van der Waals surface area contributed by atoms with Gasteiger partial charge in [-0.3, -0.25) is 0 Å². The molecule has 10 heavy (non-hydrogen) atoms. The largest absolute Gasteiger partial charge is 2.00 e. The van der Waals surface area contributed by atoms with Crippen molar-refractivity contribution in [3.63, 3.8) is 0 Å². The maximum atomic E-state index is 2.25. The van der Waals surface area contributed by atoms with E-state index in [1.807, 2.05) is 0 Å². The van der Waals surface area contributed by atoms with E-state index in [4.69, 9.17) is 0 Å². The average molecular weight is 173 g/mol. The Bertz CT molecular complexity index is 54.3. The topological polar surface area (TPSA) is 0 Å². The molecule has 58 valence electrons. The van der Waals surface area contributed by atoms with Crippen molar-refractivity contribution < 1.29 is 12.4 Å². The molecule has 0 aliphatic carbocycles. The molecule has 0 N–H and O–H groups in total. The molecule has 0 aromatic carbocycles. The Hall–Kier alpha value is 1.06. The number of hydrogen-bond acceptors (Lipinski definition) is 0. The molecule has 2 heteroatoms. The molecule has 0 aliphatic heterocycles. The van der Waals surface area contributed by atoms with Crippen molar-refractivity contribution in [3.05, 3.63) is 5.92 Å². The molecular weight excluding hydrogens is 156 g/mol. The first-order valence-electron chi connectivity index (χ1n) is 3.39. The zero-order chi connectivity index (χ0) is 6.73. The molecule has 0 radical (unpaired) electrons. The summed E-state index contributed by atoms with van der Waals surface area (Å²) in [6, 6.07) is 0. The fourth-order valence-electron chi connectivity index (χ4n) is 0.667. The summed E-state index contributed by atoms with van der Waals surface area (Å²) in [7, 11) is 0. The molecule has 0 saturated carbocycles. The number of hydrogen-bond donors (Lipinski definition) is 0. The van der Waals surface area contributed by atoms with Crippen LogP contribution in [0.4, 0.5) is 0 Å². The zero-order valence-corrected chi connectivity index (χ0v) is 9.91. The summed E-state index contributed by atoms with van der Waals surface area (Å²) in [5.74, 6) is 3.12. The molecule has 0 bridgehead atoms. The van der Waals surface area contributed by atoms with Crippen LogP contribution < -0.4 is 12.4 Å². The first-order chi connectivity index (χ1) is 3.55. The van der Waals surface area contributed by atoms with Gasteiger partial charge in [0.2, 0.25) is 0 Å². The van der Waals surface area contributed by atoms with E-state index >= 15 is 0 Å². The van der Waals surface area contributed by atoms with Gasteiger partial charge in [0.1, 0.15) is 0 Å². The van der Waals surface area contributed by atoms with E-state index < -0.39 is 0 Å². The third-order valence-corrected chi connectivity index (χ3v) is 1.82. The van der Waals surface area contributed by atoms with Crippen molar-refractivity contribution in [3.8, 4) is 0 Å². The Balaban J connectivity index is -0.000000245. The molecule has 0 nitrogen and oxygen atoms in total. The van der Waals surface area contributed by atoms with Gasteiger partial charge >= 0.3 is 23.1 Å². The SMILES string of the molecule is C[C-](C(C)C)C(C)C.[Cl-].[Mg+2]. The van der Waals surface area contributed by atoms with Crippen LogP contribution in [0.15, 0.2) is 0 Å². The van der Waals surface area contributed by atoms with Crippen LogP contribution in [0.25, 0.3) is 0 Å². The second-order valence-corrected chi connectivity index (χ2v) is 3.05. The summed E-state index contributed by atoms with van der Waals surface area (Å²) in [5.41, 5.74) is 0. The molecule has 0 rings (SSSR count).